The van der Waals surface area contributed by atoms with Crippen LogP contribution in [0.1, 0.15) is 31.6 Å². The average Bonchev–Trinajstić information content (AvgIpc) is 2.81. The summed E-state index contributed by atoms with van der Waals surface area (Å²) < 4.78 is 0. The van der Waals surface area contributed by atoms with Crippen LogP contribution in [0.5, 0.6) is 0 Å². The predicted octanol–water partition coefficient (Wildman–Crippen LogP) is 3.29. The van der Waals surface area contributed by atoms with Crippen molar-refractivity contribution in [2.24, 2.45) is 0 Å². The largest absolute Gasteiger partial charge is 0.363 e. The molecule has 17 heavy (non-hydrogen) atoms. The summed E-state index contributed by atoms with van der Waals surface area (Å²) in [6, 6.07) is 4.72. The molecule has 0 radical (unpaired) electrons. The van der Waals surface area contributed by atoms with E-state index in [0.717, 1.165) is 18.1 Å². The first-order chi connectivity index (χ1) is 8.15. The fourth-order valence-electron chi connectivity index (χ4n) is 1.55. The van der Waals surface area contributed by atoms with Gasteiger partial charge >= 0.3 is 0 Å². The zero-order chi connectivity index (χ0) is 12.7. The molecule has 0 aliphatic carbocycles. The van der Waals surface area contributed by atoms with Crippen molar-refractivity contribution < 1.29 is 0 Å². The van der Waals surface area contributed by atoms with Crippen molar-refractivity contribution >= 4 is 28.7 Å². The Balaban J connectivity index is 2.35. The number of likely N-dealkylation sites (N-methyl/N-ethyl adjacent to an activating group) is 1. The normalized spacial score (nSPS) is 12.2. The highest BCUT2D eigenvalue weighted by atomic mass is 32.1. The topological polar surface area (TPSA) is 15.3 Å². The molecule has 0 bridgehead atoms. The molecule has 0 fully saturated rings. The lowest BCUT2D eigenvalue weighted by Crippen LogP contribution is -2.43. The standard InChI is InChI=1S/C13H22N2S2/c1-4-5-8-14-13(16)15(3)11(2)10-12-7-6-9-17-12/h6-7,9,11H,4-5,8,10H2,1-3H3,(H,14,16). The second-order valence-electron chi connectivity index (χ2n) is 4.33. The predicted molar refractivity (Wildman–Crippen MR) is 80.8 cm³/mol. The number of nitrogens with zero attached hydrogens (tertiary/aromatic N) is 1. The molecular formula is C13H22N2S2. The Kier molecular flexibility index (Phi) is 6.52. The van der Waals surface area contributed by atoms with E-state index in [2.05, 4.69) is 48.6 Å². The van der Waals surface area contributed by atoms with Crippen LogP contribution in [0.25, 0.3) is 0 Å². The highest BCUT2D eigenvalue weighted by molar-refractivity contribution is 7.80. The quantitative estimate of drug-likeness (QED) is 0.631. The molecule has 0 spiro atoms. The van der Waals surface area contributed by atoms with E-state index in [-0.39, 0.29) is 0 Å². The van der Waals surface area contributed by atoms with Crippen LogP contribution < -0.4 is 5.32 Å². The molecule has 1 N–H and O–H groups in total. The average molecular weight is 270 g/mol. The zero-order valence-corrected chi connectivity index (χ0v) is 12.5. The van der Waals surface area contributed by atoms with E-state index in [4.69, 9.17) is 12.2 Å². The highest BCUT2D eigenvalue weighted by Gasteiger charge is 2.12. The van der Waals surface area contributed by atoms with Crippen molar-refractivity contribution in [2.45, 2.75) is 39.2 Å². The Morgan fingerprint density at radius 1 is 1.59 bits per heavy atom. The van der Waals surface area contributed by atoms with Gasteiger partial charge in [0, 0.05) is 30.9 Å². The van der Waals surface area contributed by atoms with Gasteiger partial charge in [0.1, 0.15) is 0 Å². The minimum atomic E-state index is 0.440. The minimum absolute atomic E-state index is 0.440. The molecule has 0 aliphatic rings. The number of rotatable bonds is 6. The van der Waals surface area contributed by atoms with Crippen LogP contribution in [0, 0.1) is 0 Å². The van der Waals surface area contributed by atoms with E-state index in [0.29, 0.717) is 6.04 Å². The van der Waals surface area contributed by atoms with Crippen LogP contribution in [-0.2, 0) is 6.42 Å². The van der Waals surface area contributed by atoms with Crippen LogP contribution in [-0.4, -0.2) is 29.6 Å². The molecule has 0 saturated carbocycles. The lowest BCUT2D eigenvalue weighted by Gasteiger charge is -2.27. The molecule has 1 aromatic rings. The van der Waals surface area contributed by atoms with E-state index < -0.39 is 0 Å². The second kappa shape index (κ2) is 7.67. The van der Waals surface area contributed by atoms with Gasteiger partial charge in [-0.3, -0.25) is 0 Å². The summed E-state index contributed by atoms with van der Waals surface area (Å²) in [5.74, 6) is 0. The number of thiophene rings is 1. The summed E-state index contributed by atoms with van der Waals surface area (Å²) in [5, 5.41) is 6.29. The number of thiocarbonyl (C=S) groups is 1. The van der Waals surface area contributed by atoms with Crippen LogP contribution in [0.3, 0.4) is 0 Å². The number of hydrogen-bond acceptors (Lipinski definition) is 2. The molecule has 1 rings (SSSR count). The Morgan fingerprint density at radius 2 is 2.35 bits per heavy atom. The Bertz CT molecular complexity index is 322. The smallest absolute Gasteiger partial charge is 0.168 e. The van der Waals surface area contributed by atoms with Crippen molar-refractivity contribution in [2.75, 3.05) is 13.6 Å². The number of unbranched alkanes of at least 4 members (excludes halogenated alkanes) is 1. The summed E-state index contributed by atoms with van der Waals surface area (Å²) in [6.45, 7) is 5.38. The first-order valence-electron chi connectivity index (χ1n) is 6.18. The van der Waals surface area contributed by atoms with Crippen LogP contribution >= 0.6 is 23.6 Å². The second-order valence-corrected chi connectivity index (χ2v) is 5.75. The molecule has 0 aromatic carbocycles. The lowest BCUT2D eigenvalue weighted by atomic mass is 10.2. The lowest BCUT2D eigenvalue weighted by molar-refractivity contribution is 0.383. The molecular weight excluding hydrogens is 248 g/mol. The Labute approximate surface area is 114 Å². The summed E-state index contributed by atoms with van der Waals surface area (Å²) in [5.41, 5.74) is 0. The molecule has 0 amide bonds. The van der Waals surface area contributed by atoms with Gasteiger partial charge in [0.25, 0.3) is 0 Å². The zero-order valence-electron chi connectivity index (χ0n) is 10.9. The summed E-state index contributed by atoms with van der Waals surface area (Å²) >= 11 is 7.19. The molecule has 4 heteroatoms. The van der Waals surface area contributed by atoms with Gasteiger partial charge in [-0.15, -0.1) is 11.3 Å². The van der Waals surface area contributed by atoms with Crippen LogP contribution in [0.2, 0.25) is 0 Å². The Hall–Kier alpha value is -0.610. The van der Waals surface area contributed by atoms with Gasteiger partial charge in [-0.2, -0.15) is 0 Å². The highest BCUT2D eigenvalue weighted by Crippen LogP contribution is 2.13. The SMILES string of the molecule is CCCCNC(=S)N(C)C(C)Cc1cccs1. The molecule has 1 aromatic heterocycles. The van der Waals surface area contributed by atoms with E-state index >= 15 is 0 Å². The molecule has 96 valence electrons. The maximum Gasteiger partial charge on any atom is 0.168 e. The van der Waals surface area contributed by atoms with Gasteiger partial charge in [0.05, 0.1) is 0 Å². The van der Waals surface area contributed by atoms with Crippen LogP contribution in [0.15, 0.2) is 17.5 Å². The maximum atomic E-state index is 5.38. The molecule has 0 saturated heterocycles. The van der Waals surface area contributed by atoms with Gasteiger partial charge in [-0.25, -0.2) is 0 Å². The first kappa shape index (κ1) is 14.5. The van der Waals surface area contributed by atoms with E-state index in [1.54, 1.807) is 0 Å². The third kappa shape index (κ3) is 5.04. The fraction of sp³-hybridized carbons (Fsp3) is 0.615. The van der Waals surface area contributed by atoms with Crippen molar-refractivity contribution in [1.82, 2.24) is 10.2 Å². The van der Waals surface area contributed by atoms with Gasteiger partial charge in [-0.1, -0.05) is 19.4 Å². The van der Waals surface area contributed by atoms with Crippen molar-refractivity contribution in [3.05, 3.63) is 22.4 Å². The van der Waals surface area contributed by atoms with Crippen molar-refractivity contribution in [3.63, 3.8) is 0 Å². The third-order valence-corrected chi connectivity index (χ3v) is 4.20. The van der Waals surface area contributed by atoms with E-state index in [9.17, 15) is 0 Å². The molecule has 1 unspecified atom stereocenters. The minimum Gasteiger partial charge on any atom is -0.363 e. The van der Waals surface area contributed by atoms with E-state index in [1.807, 2.05) is 11.3 Å². The molecule has 2 nitrogen and oxygen atoms in total. The van der Waals surface area contributed by atoms with Crippen molar-refractivity contribution in [3.8, 4) is 0 Å². The summed E-state index contributed by atoms with van der Waals surface area (Å²) in [7, 11) is 2.07. The Morgan fingerprint density at radius 3 is 2.94 bits per heavy atom. The van der Waals surface area contributed by atoms with Crippen molar-refractivity contribution in [1.29, 1.82) is 0 Å². The third-order valence-electron chi connectivity index (χ3n) is 2.86. The number of nitrogens with one attached hydrogen (secondary N) is 1. The fourth-order valence-corrected chi connectivity index (χ4v) is 2.66. The first-order valence-corrected chi connectivity index (χ1v) is 7.47. The van der Waals surface area contributed by atoms with Gasteiger partial charge in [0.15, 0.2) is 5.11 Å². The van der Waals surface area contributed by atoms with E-state index in [1.165, 1.54) is 17.7 Å². The summed E-state index contributed by atoms with van der Waals surface area (Å²) in [4.78, 5) is 3.57. The molecule has 0 aliphatic heterocycles. The van der Waals surface area contributed by atoms with Gasteiger partial charge < -0.3 is 10.2 Å². The molecule has 1 heterocycles. The maximum absolute atomic E-state index is 5.38. The summed E-state index contributed by atoms with van der Waals surface area (Å²) in [6.07, 6.45) is 3.43. The monoisotopic (exact) mass is 270 g/mol. The number of hydrogen-bond donors (Lipinski definition) is 1. The van der Waals surface area contributed by atoms with Crippen LogP contribution in [0.4, 0.5) is 0 Å². The van der Waals surface area contributed by atoms with Gasteiger partial charge in [-0.05, 0) is 37.0 Å². The van der Waals surface area contributed by atoms with Gasteiger partial charge in [0.2, 0.25) is 0 Å². The molecule has 1 atom stereocenters.